The van der Waals surface area contributed by atoms with E-state index in [-0.39, 0.29) is 30.0 Å². The van der Waals surface area contributed by atoms with Crippen molar-refractivity contribution in [3.05, 3.63) is 66.0 Å². The van der Waals surface area contributed by atoms with Crippen LogP contribution in [0.4, 0.5) is 10.1 Å². The second-order valence-electron chi connectivity index (χ2n) is 7.23. The number of nitrogens with zero attached hydrogens (tertiary/aromatic N) is 1. The third-order valence-electron chi connectivity index (χ3n) is 5.02. The van der Waals surface area contributed by atoms with Crippen LogP contribution in [0.3, 0.4) is 0 Å². The molecule has 1 aliphatic rings. The Morgan fingerprint density at radius 3 is 2.30 bits per heavy atom. The van der Waals surface area contributed by atoms with Gasteiger partial charge in [-0.15, -0.1) is 0 Å². The van der Waals surface area contributed by atoms with Gasteiger partial charge in [-0.25, -0.2) is 4.39 Å². The topological polar surface area (TPSA) is 83.0 Å². The van der Waals surface area contributed by atoms with Crippen molar-refractivity contribution in [1.82, 2.24) is 10.2 Å². The van der Waals surface area contributed by atoms with Gasteiger partial charge in [0.25, 0.3) is 11.8 Å². The van der Waals surface area contributed by atoms with Gasteiger partial charge >= 0.3 is 0 Å². The van der Waals surface area contributed by atoms with Gasteiger partial charge in [0.2, 0.25) is 5.91 Å². The summed E-state index contributed by atoms with van der Waals surface area (Å²) in [5.41, 5.74) is 1.13. The highest BCUT2D eigenvalue weighted by molar-refractivity contribution is 5.94. The third kappa shape index (κ3) is 6.38. The van der Waals surface area contributed by atoms with Gasteiger partial charge in [0, 0.05) is 24.2 Å². The number of hydrogen-bond acceptors (Lipinski definition) is 3. The Bertz CT molecular complexity index is 866. The lowest BCUT2D eigenvalue weighted by Crippen LogP contribution is -3.15. The monoisotopic (exact) mass is 413 g/mol. The van der Waals surface area contributed by atoms with Crippen LogP contribution >= 0.6 is 0 Å². The lowest BCUT2D eigenvalue weighted by atomic mass is 10.2. The minimum absolute atomic E-state index is 0.00169. The van der Waals surface area contributed by atoms with E-state index in [9.17, 15) is 18.8 Å². The first-order valence-corrected chi connectivity index (χ1v) is 10.0. The lowest BCUT2D eigenvalue weighted by Gasteiger charge is -2.32. The summed E-state index contributed by atoms with van der Waals surface area (Å²) in [5, 5.41) is 5.52. The number of rotatable bonds is 7. The molecule has 3 amide bonds. The minimum Gasteiger partial charge on any atom is -0.352 e. The van der Waals surface area contributed by atoms with Crippen molar-refractivity contribution in [2.24, 2.45) is 0 Å². The molecular formula is C22H26FN4O3+. The Hall–Kier alpha value is -3.26. The van der Waals surface area contributed by atoms with Crippen LogP contribution in [0.25, 0.3) is 0 Å². The molecule has 8 heteroatoms. The Balaban J connectivity index is 1.34. The van der Waals surface area contributed by atoms with E-state index in [1.807, 2.05) is 6.07 Å². The number of amides is 3. The molecule has 3 N–H and O–H groups in total. The number of halogens is 1. The van der Waals surface area contributed by atoms with Crippen molar-refractivity contribution in [1.29, 1.82) is 0 Å². The van der Waals surface area contributed by atoms with Crippen molar-refractivity contribution in [2.75, 3.05) is 44.6 Å². The smallest absolute Gasteiger partial charge is 0.279 e. The number of benzene rings is 2. The minimum atomic E-state index is -0.348. The van der Waals surface area contributed by atoms with Crippen molar-refractivity contribution in [3.8, 4) is 0 Å². The van der Waals surface area contributed by atoms with E-state index < -0.39 is 0 Å². The zero-order valence-corrected chi connectivity index (χ0v) is 16.7. The molecule has 1 saturated heterocycles. The molecule has 0 aliphatic carbocycles. The maximum Gasteiger partial charge on any atom is 0.279 e. The molecule has 3 rings (SSSR count). The fourth-order valence-electron chi connectivity index (χ4n) is 3.35. The molecular weight excluding hydrogens is 387 g/mol. The zero-order valence-electron chi connectivity index (χ0n) is 16.7. The molecule has 0 bridgehead atoms. The second-order valence-corrected chi connectivity index (χ2v) is 7.23. The van der Waals surface area contributed by atoms with Crippen LogP contribution in [0.2, 0.25) is 0 Å². The molecule has 158 valence electrons. The predicted molar refractivity (Wildman–Crippen MR) is 111 cm³/mol. The van der Waals surface area contributed by atoms with Gasteiger partial charge in [-0.05, 0) is 36.4 Å². The fraction of sp³-hybridized carbons (Fsp3) is 0.318. The standard InChI is InChI=1S/C22H25FN4O3/c23-18-6-8-19(9-7-18)25-20(28)16-26-12-14-27(15-13-26)21(29)10-11-24-22(30)17-4-2-1-3-5-17/h1-9H,10-16H2,(H,24,30)(H,25,28)/p+1. The number of carbonyl (C=O) groups is 3. The summed E-state index contributed by atoms with van der Waals surface area (Å²) < 4.78 is 12.9. The molecule has 2 aromatic carbocycles. The van der Waals surface area contributed by atoms with Crippen molar-refractivity contribution in [2.45, 2.75) is 6.42 Å². The average molecular weight is 413 g/mol. The summed E-state index contributed by atoms with van der Waals surface area (Å²) in [6.07, 6.45) is 0.249. The molecule has 2 aromatic rings. The van der Waals surface area contributed by atoms with Crippen LogP contribution in [0.15, 0.2) is 54.6 Å². The number of nitrogens with one attached hydrogen (secondary N) is 3. The van der Waals surface area contributed by atoms with Crippen molar-refractivity contribution >= 4 is 23.4 Å². The summed E-state index contributed by atoms with van der Waals surface area (Å²) >= 11 is 0. The Kier molecular flexibility index (Phi) is 7.51. The van der Waals surface area contributed by atoms with Gasteiger partial charge in [-0.1, -0.05) is 18.2 Å². The third-order valence-corrected chi connectivity index (χ3v) is 5.02. The number of quaternary nitrogens is 1. The molecule has 0 spiro atoms. The summed E-state index contributed by atoms with van der Waals surface area (Å²) in [6, 6.07) is 14.5. The van der Waals surface area contributed by atoms with Crippen molar-refractivity contribution < 1.29 is 23.7 Å². The maximum atomic E-state index is 12.9. The summed E-state index contributed by atoms with van der Waals surface area (Å²) in [4.78, 5) is 39.4. The lowest BCUT2D eigenvalue weighted by molar-refractivity contribution is -0.895. The zero-order chi connectivity index (χ0) is 21.3. The Labute approximate surface area is 174 Å². The van der Waals surface area contributed by atoms with E-state index >= 15 is 0 Å². The molecule has 0 atom stereocenters. The van der Waals surface area contributed by atoms with Crippen LogP contribution in [-0.4, -0.2) is 61.9 Å². The fourth-order valence-corrected chi connectivity index (χ4v) is 3.35. The molecule has 1 aliphatic heterocycles. The molecule has 30 heavy (non-hydrogen) atoms. The normalized spacial score (nSPS) is 14.2. The van der Waals surface area contributed by atoms with E-state index in [2.05, 4.69) is 10.6 Å². The Morgan fingerprint density at radius 2 is 1.63 bits per heavy atom. The van der Waals surface area contributed by atoms with E-state index in [4.69, 9.17) is 0 Å². The van der Waals surface area contributed by atoms with E-state index in [1.54, 1.807) is 29.2 Å². The molecule has 0 radical (unpaired) electrons. The van der Waals surface area contributed by atoms with Crippen LogP contribution in [0, 0.1) is 5.82 Å². The van der Waals surface area contributed by atoms with Gasteiger partial charge in [0.05, 0.1) is 26.2 Å². The first-order chi connectivity index (χ1) is 14.5. The van der Waals surface area contributed by atoms with Crippen LogP contribution in [-0.2, 0) is 9.59 Å². The van der Waals surface area contributed by atoms with Gasteiger partial charge in [-0.2, -0.15) is 0 Å². The van der Waals surface area contributed by atoms with Crippen LogP contribution < -0.4 is 15.5 Å². The molecule has 0 unspecified atom stereocenters. The maximum absolute atomic E-state index is 12.9. The molecule has 0 saturated carbocycles. The molecule has 0 aromatic heterocycles. The van der Waals surface area contributed by atoms with Gasteiger partial charge in [0.15, 0.2) is 6.54 Å². The highest BCUT2D eigenvalue weighted by Crippen LogP contribution is 2.07. The molecule has 1 fully saturated rings. The van der Waals surface area contributed by atoms with E-state index in [0.29, 0.717) is 50.5 Å². The van der Waals surface area contributed by atoms with Gasteiger partial charge in [-0.3, -0.25) is 14.4 Å². The number of carbonyl (C=O) groups excluding carboxylic acids is 3. The number of hydrogen-bond donors (Lipinski definition) is 3. The largest absolute Gasteiger partial charge is 0.352 e. The van der Waals surface area contributed by atoms with Crippen LogP contribution in [0.5, 0.6) is 0 Å². The number of anilines is 1. The summed E-state index contributed by atoms with van der Waals surface area (Å²) in [7, 11) is 0. The van der Waals surface area contributed by atoms with Crippen molar-refractivity contribution in [3.63, 3.8) is 0 Å². The van der Waals surface area contributed by atoms with Gasteiger partial charge in [0.1, 0.15) is 5.82 Å². The second kappa shape index (κ2) is 10.5. The summed E-state index contributed by atoms with van der Waals surface area (Å²) in [6.45, 7) is 3.10. The van der Waals surface area contributed by atoms with Crippen LogP contribution in [0.1, 0.15) is 16.8 Å². The first-order valence-electron chi connectivity index (χ1n) is 10.0. The highest BCUT2D eigenvalue weighted by atomic mass is 19.1. The first kappa shape index (κ1) is 21.4. The quantitative estimate of drug-likeness (QED) is 0.611. The molecule has 7 nitrogen and oxygen atoms in total. The number of piperazine rings is 1. The SMILES string of the molecule is O=C(C[NH+]1CCN(C(=O)CCNC(=O)c2ccccc2)CC1)Nc1ccc(F)cc1. The van der Waals surface area contributed by atoms with E-state index in [1.165, 1.54) is 24.3 Å². The Morgan fingerprint density at radius 1 is 0.967 bits per heavy atom. The highest BCUT2D eigenvalue weighted by Gasteiger charge is 2.25. The molecule has 1 heterocycles. The average Bonchev–Trinajstić information content (AvgIpc) is 2.76. The summed E-state index contributed by atoms with van der Waals surface area (Å²) in [5.74, 6) is -0.679. The predicted octanol–water partition coefficient (Wildman–Crippen LogP) is 0.311. The van der Waals surface area contributed by atoms with E-state index in [0.717, 1.165) is 4.90 Å². The van der Waals surface area contributed by atoms with Gasteiger partial charge < -0.3 is 20.4 Å².